The van der Waals surface area contributed by atoms with Gasteiger partial charge in [0, 0.05) is 30.6 Å². The number of hydrogen-bond donors (Lipinski definition) is 3. The number of ketones is 1. The first-order valence-corrected chi connectivity index (χ1v) is 8.33. The summed E-state index contributed by atoms with van der Waals surface area (Å²) in [7, 11) is 0. The molecular formula is C19H24N2O4. The Morgan fingerprint density at radius 3 is 2.40 bits per heavy atom. The van der Waals surface area contributed by atoms with E-state index >= 15 is 0 Å². The Kier molecular flexibility index (Phi) is 7.37. The van der Waals surface area contributed by atoms with E-state index in [0.717, 1.165) is 42.8 Å². The molecule has 1 aliphatic heterocycles. The average molecular weight is 344 g/mol. The lowest BCUT2D eigenvalue weighted by Crippen LogP contribution is -2.31. The lowest BCUT2D eigenvalue weighted by atomic mass is 10.1. The minimum absolute atomic E-state index is 0.0292. The molecule has 3 rings (SSSR count). The predicted octanol–water partition coefficient (Wildman–Crippen LogP) is 2.29. The van der Waals surface area contributed by atoms with Crippen molar-refractivity contribution in [2.75, 3.05) is 31.6 Å². The standard InChI is InChI=1S/C15H15NO3.C4H9NO/c1-10(17)9-14(15(18)19)16-13-8-4-6-11-5-2-3-7-12(11)13;1-3-6-4-2-5-1/h2-8,14,16H,9H2,1H3,(H,18,19);5H,1-4H2/t14-;/m0./s1. The predicted molar refractivity (Wildman–Crippen MR) is 98.0 cm³/mol. The van der Waals surface area contributed by atoms with Crippen LogP contribution in [0.4, 0.5) is 5.69 Å². The number of aliphatic carboxylic acids is 1. The van der Waals surface area contributed by atoms with Crippen LogP contribution in [0, 0.1) is 0 Å². The molecule has 0 saturated carbocycles. The van der Waals surface area contributed by atoms with Gasteiger partial charge in [0.25, 0.3) is 0 Å². The molecule has 3 N–H and O–H groups in total. The summed E-state index contributed by atoms with van der Waals surface area (Å²) in [6.45, 7) is 5.22. The molecule has 6 heteroatoms. The lowest BCUT2D eigenvalue weighted by Gasteiger charge is -2.16. The third-order valence-electron chi connectivity index (χ3n) is 3.76. The monoisotopic (exact) mass is 344 g/mol. The van der Waals surface area contributed by atoms with Gasteiger partial charge in [-0.15, -0.1) is 0 Å². The molecular weight excluding hydrogens is 320 g/mol. The van der Waals surface area contributed by atoms with Crippen LogP contribution in [0.3, 0.4) is 0 Å². The fourth-order valence-electron chi connectivity index (χ4n) is 2.54. The number of carbonyl (C=O) groups is 2. The van der Waals surface area contributed by atoms with E-state index in [0.29, 0.717) is 0 Å². The van der Waals surface area contributed by atoms with Crippen LogP contribution < -0.4 is 10.6 Å². The molecule has 0 bridgehead atoms. The highest BCUT2D eigenvalue weighted by Gasteiger charge is 2.19. The minimum atomic E-state index is -1.02. The van der Waals surface area contributed by atoms with E-state index in [9.17, 15) is 9.59 Å². The molecule has 0 unspecified atom stereocenters. The van der Waals surface area contributed by atoms with Gasteiger partial charge in [0.2, 0.25) is 0 Å². The van der Waals surface area contributed by atoms with Gasteiger partial charge in [0.15, 0.2) is 0 Å². The molecule has 25 heavy (non-hydrogen) atoms. The zero-order valence-electron chi connectivity index (χ0n) is 14.3. The molecule has 0 aromatic heterocycles. The van der Waals surface area contributed by atoms with Gasteiger partial charge in [-0.2, -0.15) is 0 Å². The molecule has 1 atom stereocenters. The van der Waals surface area contributed by atoms with Crippen LogP contribution in [0.25, 0.3) is 10.8 Å². The Bertz CT molecular complexity index is 697. The molecule has 0 radical (unpaired) electrons. The maximum absolute atomic E-state index is 11.2. The van der Waals surface area contributed by atoms with E-state index in [-0.39, 0.29) is 12.2 Å². The first-order chi connectivity index (χ1) is 12.1. The molecule has 0 spiro atoms. The minimum Gasteiger partial charge on any atom is -0.480 e. The van der Waals surface area contributed by atoms with Crippen molar-refractivity contribution in [1.29, 1.82) is 0 Å². The second-order valence-corrected chi connectivity index (χ2v) is 5.83. The summed E-state index contributed by atoms with van der Waals surface area (Å²) >= 11 is 0. The van der Waals surface area contributed by atoms with Crippen molar-refractivity contribution in [3.8, 4) is 0 Å². The zero-order chi connectivity index (χ0) is 18.1. The van der Waals surface area contributed by atoms with Gasteiger partial charge in [0.05, 0.1) is 13.2 Å². The van der Waals surface area contributed by atoms with Crippen LogP contribution in [0.2, 0.25) is 0 Å². The first-order valence-electron chi connectivity index (χ1n) is 8.33. The average Bonchev–Trinajstić information content (AvgIpc) is 2.63. The second kappa shape index (κ2) is 9.76. The molecule has 6 nitrogen and oxygen atoms in total. The number of morpholine rings is 1. The lowest BCUT2D eigenvalue weighted by molar-refractivity contribution is -0.139. The zero-order valence-corrected chi connectivity index (χ0v) is 14.3. The number of anilines is 1. The van der Waals surface area contributed by atoms with Gasteiger partial charge < -0.3 is 20.5 Å². The highest BCUT2D eigenvalue weighted by atomic mass is 16.5. The summed E-state index contributed by atoms with van der Waals surface area (Å²) in [4.78, 5) is 22.3. The molecule has 0 aliphatic carbocycles. The molecule has 1 aliphatic rings. The fraction of sp³-hybridized carbons (Fsp3) is 0.368. The number of carbonyl (C=O) groups excluding carboxylic acids is 1. The number of carboxylic acids is 1. The summed E-state index contributed by atoms with van der Waals surface area (Å²) < 4.78 is 5.01. The largest absolute Gasteiger partial charge is 0.480 e. The summed E-state index contributed by atoms with van der Waals surface area (Å²) in [5.41, 5.74) is 0.728. The fourth-order valence-corrected chi connectivity index (χ4v) is 2.54. The van der Waals surface area contributed by atoms with E-state index in [2.05, 4.69) is 10.6 Å². The van der Waals surface area contributed by atoms with Crippen molar-refractivity contribution in [3.63, 3.8) is 0 Å². The van der Waals surface area contributed by atoms with Crippen LogP contribution in [0.1, 0.15) is 13.3 Å². The molecule has 1 heterocycles. The Morgan fingerprint density at radius 2 is 1.84 bits per heavy atom. The van der Waals surface area contributed by atoms with Gasteiger partial charge in [-0.25, -0.2) is 4.79 Å². The maximum atomic E-state index is 11.2. The highest BCUT2D eigenvalue weighted by Crippen LogP contribution is 2.24. The van der Waals surface area contributed by atoms with Gasteiger partial charge in [-0.3, -0.25) is 4.79 Å². The normalized spacial score (nSPS) is 14.9. The van der Waals surface area contributed by atoms with E-state index in [4.69, 9.17) is 9.84 Å². The first kappa shape index (κ1) is 18.9. The third kappa shape index (κ3) is 6.17. The second-order valence-electron chi connectivity index (χ2n) is 5.83. The number of ether oxygens (including phenoxy) is 1. The van der Waals surface area contributed by atoms with Crippen molar-refractivity contribution in [1.82, 2.24) is 5.32 Å². The number of fused-ring (bicyclic) bond motifs is 1. The molecule has 134 valence electrons. The van der Waals surface area contributed by atoms with Crippen molar-refractivity contribution in [2.45, 2.75) is 19.4 Å². The smallest absolute Gasteiger partial charge is 0.326 e. The van der Waals surface area contributed by atoms with Crippen molar-refractivity contribution in [3.05, 3.63) is 42.5 Å². The van der Waals surface area contributed by atoms with Crippen LogP contribution >= 0.6 is 0 Å². The highest BCUT2D eigenvalue weighted by molar-refractivity contribution is 5.96. The Hall–Kier alpha value is -2.44. The molecule has 0 amide bonds. The van der Waals surface area contributed by atoms with Crippen LogP contribution in [0.15, 0.2) is 42.5 Å². The van der Waals surface area contributed by atoms with Gasteiger partial charge in [-0.05, 0) is 18.4 Å². The number of carboxylic acid groups (broad SMARTS) is 1. The Morgan fingerprint density at radius 1 is 1.16 bits per heavy atom. The maximum Gasteiger partial charge on any atom is 0.326 e. The van der Waals surface area contributed by atoms with Crippen LogP contribution in [0.5, 0.6) is 0 Å². The summed E-state index contributed by atoms with van der Waals surface area (Å²) in [6.07, 6.45) is -0.0292. The number of hydrogen-bond acceptors (Lipinski definition) is 5. The molecule has 2 aromatic rings. The summed E-state index contributed by atoms with van der Waals surface area (Å²) in [5.74, 6) is -1.18. The number of nitrogens with one attached hydrogen (secondary N) is 2. The molecule has 1 saturated heterocycles. The van der Waals surface area contributed by atoms with E-state index in [1.165, 1.54) is 6.92 Å². The molecule has 2 aromatic carbocycles. The quantitative estimate of drug-likeness (QED) is 0.771. The van der Waals surface area contributed by atoms with Crippen molar-refractivity contribution < 1.29 is 19.4 Å². The van der Waals surface area contributed by atoms with E-state index in [1.54, 1.807) is 0 Å². The van der Waals surface area contributed by atoms with Crippen LogP contribution in [-0.4, -0.2) is 49.2 Å². The van der Waals surface area contributed by atoms with Crippen molar-refractivity contribution in [2.24, 2.45) is 0 Å². The SMILES string of the molecule is C1COCCN1.CC(=O)C[C@H](Nc1cccc2ccccc12)C(=O)O. The van der Waals surface area contributed by atoms with Gasteiger partial charge in [0.1, 0.15) is 11.8 Å². The van der Waals surface area contributed by atoms with E-state index in [1.807, 2.05) is 42.5 Å². The summed E-state index contributed by atoms with van der Waals surface area (Å²) in [6, 6.07) is 12.4. The Balaban J connectivity index is 0.000000316. The van der Waals surface area contributed by atoms with Crippen molar-refractivity contribution >= 4 is 28.2 Å². The Labute approximate surface area is 147 Å². The van der Waals surface area contributed by atoms with Gasteiger partial charge in [-0.1, -0.05) is 36.4 Å². The number of benzene rings is 2. The number of rotatable bonds is 5. The van der Waals surface area contributed by atoms with E-state index < -0.39 is 12.0 Å². The molecule has 1 fully saturated rings. The third-order valence-corrected chi connectivity index (χ3v) is 3.76. The van der Waals surface area contributed by atoms with Gasteiger partial charge >= 0.3 is 5.97 Å². The summed E-state index contributed by atoms with van der Waals surface area (Å²) in [5, 5.41) is 17.2. The topological polar surface area (TPSA) is 87.7 Å². The van der Waals surface area contributed by atoms with Crippen LogP contribution in [-0.2, 0) is 14.3 Å². The number of Topliss-reactive ketones (excluding diaryl/α,β-unsaturated/α-hetero) is 1.